The molecular weight excluding hydrogens is 364 g/mol. The van der Waals surface area contributed by atoms with Crippen molar-refractivity contribution in [1.82, 2.24) is 5.32 Å². The lowest BCUT2D eigenvalue weighted by Crippen LogP contribution is -2.41. The van der Waals surface area contributed by atoms with Gasteiger partial charge in [-0.15, -0.1) is 0 Å². The first kappa shape index (κ1) is 20.8. The molecule has 6 nitrogen and oxygen atoms in total. The van der Waals surface area contributed by atoms with Crippen LogP contribution in [0.15, 0.2) is 48.5 Å². The second-order valence-electron chi connectivity index (χ2n) is 6.41. The summed E-state index contributed by atoms with van der Waals surface area (Å²) in [5.74, 6) is 0.255. The van der Waals surface area contributed by atoms with E-state index in [0.717, 1.165) is 21.7 Å². The van der Waals surface area contributed by atoms with E-state index in [-0.39, 0.29) is 18.5 Å². The molecule has 7 heteroatoms. The Balaban J connectivity index is 2.16. The number of hydrogen-bond acceptors (Lipinski definition) is 4. The van der Waals surface area contributed by atoms with E-state index in [1.54, 1.807) is 24.3 Å². The lowest BCUT2D eigenvalue weighted by molar-refractivity contribution is -0.120. The van der Waals surface area contributed by atoms with Crippen molar-refractivity contribution in [2.24, 2.45) is 0 Å². The van der Waals surface area contributed by atoms with Crippen LogP contribution < -0.4 is 14.4 Å². The van der Waals surface area contributed by atoms with Crippen molar-refractivity contribution < 1.29 is 17.9 Å². The number of methoxy groups -OCH3 is 1. The van der Waals surface area contributed by atoms with Gasteiger partial charge in [0.05, 0.1) is 25.1 Å². The Morgan fingerprint density at radius 2 is 1.70 bits per heavy atom. The molecule has 0 saturated heterocycles. The predicted octanol–water partition coefficient (Wildman–Crippen LogP) is 3.04. The first-order valence-electron chi connectivity index (χ1n) is 8.72. The number of carbonyl (C=O) groups is 1. The number of sulfonamides is 1. The Morgan fingerprint density at radius 3 is 2.19 bits per heavy atom. The Bertz CT molecular complexity index is 862. The molecule has 0 unspecified atom stereocenters. The number of hydrogen-bond donors (Lipinski definition) is 1. The molecule has 1 amide bonds. The van der Waals surface area contributed by atoms with E-state index in [4.69, 9.17) is 4.74 Å². The fourth-order valence-corrected chi connectivity index (χ4v) is 3.60. The highest BCUT2D eigenvalue weighted by Crippen LogP contribution is 2.22. The van der Waals surface area contributed by atoms with Gasteiger partial charge in [-0.2, -0.15) is 0 Å². The van der Waals surface area contributed by atoms with Crippen molar-refractivity contribution in [2.45, 2.75) is 26.3 Å². The van der Waals surface area contributed by atoms with E-state index in [2.05, 4.69) is 5.32 Å². The van der Waals surface area contributed by atoms with Crippen molar-refractivity contribution in [2.75, 3.05) is 24.2 Å². The molecule has 0 heterocycles. The maximum absolute atomic E-state index is 12.6. The summed E-state index contributed by atoms with van der Waals surface area (Å²) in [5.41, 5.74) is 2.55. The number of nitrogens with zero attached hydrogens (tertiary/aromatic N) is 1. The molecule has 0 aliphatic rings. The van der Waals surface area contributed by atoms with Gasteiger partial charge in [-0.1, -0.05) is 36.8 Å². The highest BCUT2D eigenvalue weighted by molar-refractivity contribution is 7.92. The van der Waals surface area contributed by atoms with Crippen LogP contribution in [-0.2, 0) is 14.8 Å². The summed E-state index contributed by atoms with van der Waals surface area (Å²) < 4.78 is 30.6. The van der Waals surface area contributed by atoms with Gasteiger partial charge >= 0.3 is 0 Å². The van der Waals surface area contributed by atoms with E-state index in [1.807, 2.05) is 38.1 Å². The lowest BCUT2D eigenvalue weighted by Gasteiger charge is -2.24. The normalized spacial score (nSPS) is 12.3. The molecule has 1 N–H and O–H groups in total. The van der Waals surface area contributed by atoms with E-state index in [0.29, 0.717) is 17.9 Å². The number of anilines is 1. The molecule has 0 aromatic heterocycles. The van der Waals surface area contributed by atoms with Crippen LogP contribution in [0.3, 0.4) is 0 Å². The van der Waals surface area contributed by atoms with Crippen LogP contribution in [0.5, 0.6) is 5.75 Å². The zero-order chi connectivity index (χ0) is 20.0. The second-order valence-corrected chi connectivity index (χ2v) is 8.31. The Hall–Kier alpha value is -2.54. The summed E-state index contributed by atoms with van der Waals surface area (Å²) in [5, 5.41) is 2.93. The van der Waals surface area contributed by atoms with Gasteiger partial charge in [0.2, 0.25) is 15.9 Å². The van der Waals surface area contributed by atoms with Crippen molar-refractivity contribution in [1.29, 1.82) is 0 Å². The average molecular weight is 391 g/mol. The van der Waals surface area contributed by atoms with Gasteiger partial charge in [0.15, 0.2) is 0 Å². The molecule has 0 fully saturated rings. The number of aryl methyl sites for hydroxylation is 1. The van der Waals surface area contributed by atoms with Crippen LogP contribution in [-0.4, -0.2) is 34.2 Å². The summed E-state index contributed by atoms with van der Waals surface area (Å²) in [6.07, 6.45) is 1.79. The summed E-state index contributed by atoms with van der Waals surface area (Å²) in [6.45, 7) is 3.69. The summed E-state index contributed by atoms with van der Waals surface area (Å²) >= 11 is 0. The first-order chi connectivity index (χ1) is 12.7. The molecule has 2 aromatic carbocycles. The standard InChI is InChI=1S/C20H26N2O4S/c1-5-19(16-8-6-15(2)7-9-16)21-20(23)14-22(27(4,24)25)17-10-12-18(26-3)13-11-17/h6-13,19H,5,14H2,1-4H3,(H,21,23)/t19-/m0/s1. The highest BCUT2D eigenvalue weighted by atomic mass is 32.2. The van der Waals surface area contributed by atoms with Crippen LogP contribution in [0.4, 0.5) is 5.69 Å². The monoisotopic (exact) mass is 390 g/mol. The number of benzene rings is 2. The molecule has 0 radical (unpaired) electrons. The van der Waals surface area contributed by atoms with Gasteiger partial charge in [-0.05, 0) is 43.2 Å². The van der Waals surface area contributed by atoms with Crippen molar-refractivity contribution in [3.63, 3.8) is 0 Å². The number of ether oxygens (including phenoxy) is 1. The molecular formula is C20H26N2O4S. The minimum absolute atomic E-state index is 0.171. The third kappa shape index (κ3) is 5.72. The molecule has 146 valence electrons. The lowest BCUT2D eigenvalue weighted by atomic mass is 10.0. The Morgan fingerprint density at radius 1 is 1.11 bits per heavy atom. The minimum Gasteiger partial charge on any atom is -0.497 e. The molecule has 1 atom stereocenters. The van der Waals surface area contributed by atoms with E-state index in [1.165, 1.54) is 7.11 Å². The zero-order valence-electron chi connectivity index (χ0n) is 16.1. The third-order valence-corrected chi connectivity index (χ3v) is 5.41. The maximum Gasteiger partial charge on any atom is 0.241 e. The average Bonchev–Trinajstić information content (AvgIpc) is 2.64. The molecule has 2 aromatic rings. The number of carbonyl (C=O) groups excluding carboxylic acids is 1. The smallest absolute Gasteiger partial charge is 0.241 e. The summed E-state index contributed by atoms with van der Waals surface area (Å²) in [6, 6.07) is 14.3. The molecule has 0 spiro atoms. The van der Waals surface area contributed by atoms with Crippen LogP contribution in [0.2, 0.25) is 0 Å². The van der Waals surface area contributed by atoms with E-state index >= 15 is 0 Å². The zero-order valence-corrected chi connectivity index (χ0v) is 16.9. The highest BCUT2D eigenvalue weighted by Gasteiger charge is 2.22. The van der Waals surface area contributed by atoms with Crippen LogP contribution in [0, 0.1) is 6.92 Å². The SMILES string of the molecule is CC[C@H](NC(=O)CN(c1ccc(OC)cc1)S(C)(=O)=O)c1ccc(C)cc1. The molecule has 0 aliphatic carbocycles. The fourth-order valence-electron chi connectivity index (χ4n) is 2.74. The second kappa shape index (κ2) is 8.90. The minimum atomic E-state index is -3.61. The molecule has 27 heavy (non-hydrogen) atoms. The van der Waals surface area contributed by atoms with Gasteiger partial charge < -0.3 is 10.1 Å². The van der Waals surface area contributed by atoms with Crippen molar-refractivity contribution in [3.8, 4) is 5.75 Å². The van der Waals surface area contributed by atoms with Crippen LogP contribution in [0.1, 0.15) is 30.5 Å². The molecule has 0 aliphatic heterocycles. The van der Waals surface area contributed by atoms with Crippen LogP contribution >= 0.6 is 0 Å². The fraction of sp³-hybridized carbons (Fsp3) is 0.350. The topological polar surface area (TPSA) is 75.7 Å². The van der Waals surface area contributed by atoms with Crippen molar-refractivity contribution >= 4 is 21.6 Å². The van der Waals surface area contributed by atoms with E-state index in [9.17, 15) is 13.2 Å². The summed E-state index contributed by atoms with van der Waals surface area (Å²) in [7, 11) is -2.08. The van der Waals surface area contributed by atoms with E-state index < -0.39 is 10.0 Å². The van der Waals surface area contributed by atoms with Gasteiger partial charge in [0.25, 0.3) is 0 Å². The first-order valence-corrected chi connectivity index (χ1v) is 10.6. The van der Waals surface area contributed by atoms with Gasteiger partial charge in [-0.25, -0.2) is 8.42 Å². The maximum atomic E-state index is 12.6. The van der Waals surface area contributed by atoms with Gasteiger partial charge in [0, 0.05) is 0 Å². The number of rotatable bonds is 8. The molecule has 0 saturated carbocycles. The largest absolute Gasteiger partial charge is 0.497 e. The molecule has 0 bridgehead atoms. The van der Waals surface area contributed by atoms with Gasteiger partial charge in [0.1, 0.15) is 12.3 Å². The van der Waals surface area contributed by atoms with Gasteiger partial charge in [-0.3, -0.25) is 9.10 Å². The Labute approximate surface area is 161 Å². The third-order valence-electron chi connectivity index (χ3n) is 4.27. The number of nitrogens with one attached hydrogen (secondary N) is 1. The number of amides is 1. The predicted molar refractivity (Wildman–Crippen MR) is 108 cm³/mol. The Kier molecular flexibility index (Phi) is 6.85. The quantitative estimate of drug-likeness (QED) is 0.752. The summed E-state index contributed by atoms with van der Waals surface area (Å²) in [4.78, 5) is 12.6. The van der Waals surface area contributed by atoms with Crippen molar-refractivity contribution in [3.05, 3.63) is 59.7 Å². The molecule has 2 rings (SSSR count). The van der Waals surface area contributed by atoms with Crippen LogP contribution in [0.25, 0.3) is 0 Å².